The van der Waals surface area contributed by atoms with E-state index in [1.807, 2.05) is 48.5 Å². The molecule has 0 radical (unpaired) electrons. The first-order valence-corrected chi connectivity index (χ1v) is 8.61. The molecule has 1 heterocycles. The second-order valence-corrected chi connectivity index (χ2v) is 6.06. The van der Waals surface area contributed by atoms with Crippen LogP contribution >= 0.6 is 0 Å². The molecule has 0 saturated carbocycles. The van der Waals surface area contributed by atoms with Gasteiger partial charge in [-0.3, -0.25) is 0 Å². The molecule has 2 aromatic carbocycles. The average Bonchev–Trinajstić information content (AvgIpc) is 2.72. The van der Waals surface area contributed by atoms with Gasteiger partial charge in [0.1, 0.15) is 6.10 Å². The van der Waals surface area contributed by atoms with Gasteiger partial charge in [-0.05, 0) is 23.3 Å². The molecule has 0 aliphatic carbocycles. The highest BCUT2D eigenvalue weighted by Gasteiger charge is 2.25. The number of carbonyl (C=O) groups excluding carboxylic acids is 1. The molecule has 1 saturated heterocycles. The summed E-state index contributed by atoms with van der Waals surface area (Å²) in [5, 5.41) is 2.96. The SMILES string of the molecule is COc1ccc(CNC(=O)N2CCOC(c3ccccc3)C2)cc1OC. The monoisotopic (exact) mass is 356 g/mol. The Morgan fingerprint density at radius 1 is 1.15 bits per heavy atom. The highest BCUT2D eigenvalue weighted by atomic mass is 16.5. The van der Waals surface area contributed by atoms with E-state index >= 15 is 0 Å². The molecule has 1 aliphatic rings. The van der Waals surface area contributed by atoms with Crippen LogP contribution in [0.5, 0.6) is 11.5 Å². The van der Waals surface area contributed by atoms with E-state index in [1.54, 1.807) is 19.1 Å². The molecule has 3 rings (SSSR count). The number of carbonyl (C=O) groups is 1. The standard InChI is InChI=1S/C20H24N2O4/c1-24-17-9-8-15(12-18(17)25-2)13-21-20(23)22-10-11-26-19(14-22)16-6-4-3-5-7-16/h3-9,12,19H,10-11,13-14H2,1-2H3,(H,21,23). The predicted molar refractivity (Wildman–Crippen MR) is 98.5 cm³/mol. The van der Waals surface area contributed by atoms with E-state index in [-0.39, 0.29) is 12.1 Å². The zero-order chi connectivity index (χ0) is 18.4. The summed E-state index contributed by atoms with van der Waals surface area (Å²) in [6.07, 6.45) is -0.0863. The second-order valence-electron chi connectivity index (χ2n) is 6.06. The Morgan fingerprint density at radius 2 is 1.92 bits per heavy atom. The van der Waals surface area contributed by atoms with Crippen molar-refractivity contribution in [2.45, 2.75) is 12.6 Å². The molecule has 6 nitrogen and oxygen atoms in total. The molecule has 6 heteroatoms. The van der Waals surface area contributed by atoms with Gasteiger partial charge in [-0.2, -0.15) is 0 Å². The number of urea groups is 1. The lowest BCUT2D eigenvalue weighted by molar-refractivity contribution is -0.0154. The molecule has 0 spiro atoms. The number of benzene rings is 2. The van der Waals surface area contributed by atoms with Crippen molar-refractivity contribution in [2.24, 2.45) is 0 Å². The van der Waals surface area contributed by atoms with Crippen molar-refractivity contribution in [2.75, 3.05) is 33.9 Å². The summed E-state index contributed by atoms with van der Waals surface area (Å²) in [7, 11) is 3.19. The average molecular weight is 356 g/mol. The molecule has 1 N–H and O–H groups in total. The van der Waals surface area contributed by atoms with Gasteiger partial charge in [-0.25, -0.2) is 4.79 Å². The fourth-order valence-corrected chi connectivity index (χ4v) is 2.98. The van der Waals surface area contributed by atoms with Crippen molar-refractivity contribution >= 4 is 6.03 Å². The van der Waals surface area contributed by atoms with Gasteiger partial charge in [0.05, 0.1) is 27.4 Å². The number of nitrogens with zero attached hydrogens (tertiary/aromatic N) is 1. The van der Waals surface area contributed by atoms with Crippen molar-refractivity contribution in [3.63, 3.8) is 0 Å². The molecular formula is C20H24N2O4. The summed E-state index contributed by atoms with van der Waals surface area (Å²) in [5.41, 5.74) is 2.04. The molecule has 1 unspecified atom stereocenters. The van der Waals surface area contributed by atoms with Gasteiger partial charge in [0.15, 0.2) is 11.5 Å². The van der Waals surface area contributed by atoms with Crippen LogP contribution in [0.1, 0.15) is 17.2 Å². The Morgan fingerprint density at radius 3 is 2.65 bits per heavy atom. The van der Waals surface area contributed by atoms with Crippen LogP contribution in [0.2, 0.25) is 0 Å². The smallest absolute Gasteiger partial charge is 0.317 e. The largest absolute Gasteiger partial charge is 0.493 e. The highest BCUT2D eigenvalue weighted by Crippen LogP contribution is 2.27. The Labute approximate surface area is 153 Å². The van der Waals surface area contributed by atoms with Gasteiger partial charge >= 0.3 is 6.03 Å². The zero-order valence-corrected chi connectivity index (χ0v) is 15.1. The molecule has 1 atom stereocenters. The highest BCUT2D eigenvalue weighted by molar-refractivity contribution is 5.74. The van der Waals surface area contributed by atoms with Crippen LogP contribution < -0.4 is 14.8 Å². The molecule has 138 valence electrons. The molecule has 1 aliphatic heterocycles. The maximum absolute atomic E-state index is 12.5. The summed E-state index contributed by atoms with van der Waals surface area (Å²) >= 11 is 0. The molecule has 1 fully saturated rings. The minimum Gasteiger partial charge on any atom is -0.493 e. The molecule has 2 aromatic rings. The number of amides is 2. The van der Waals surface area contributed by atoms with E-state index in [2.05, 4.69) is 5.32 Å². The van der Waals surface area contributed by atoms with Gasteiger partial charge in [-0.1, -0.05) is 36.4 Å². The molecule has 0 aromatic heterocycles. The zero-order valence-electron chi connectivity index (χ0n) is 15.1. The normalized spacial score (nSPS) is 16.8. The first-order valence-electron chi connectivity index (χ1n) is 8.61. The first-order chi connectivity index (χ1) is 12.7. The van der Waals surface area contributed by atoms with Gasteiger partial charge in [-0.15, -0.1) is 0 Å². The third kappa shape index (κ3) is 4.26. The molecule has 2 amide bonds. The second kappa shape index (κ2) is 8.58. The van der Waals surface area contributed by atoms with E-state index < -0.39 is 0 Å². The van der Waals surface area contributed by atoms with Crippen LogP contribution in [0.4, 0.5) is 4.79 Å². The first kappa shape index (κ1) is 18.1. The lowest BCUT2D eigenvalue weighted by Gasteiger charge is -2.33. The van der Waals surface area contributed by atoms with Crippen LogP contribution in [-0.4, -0.2) is 44.8 Å². The lowest BCUT2D eigenvalue weighted by Crippen LogP contribution is -2.46. The Hall–Kier alpha value is -2.73. The van der Waals surface area contributed by atoms with E-state index in [4.69, 9.17) is 14.2 Å². The Bertz CT molecular complexity index is 736. The third-order valence-electron chi connectivity index (χ3n) is 4.42. The maximum Gasteiger partial charge on any atom is 0.317 e. The van der Waals surface area contributed by atoms with Crippen molar-refractivity contribution in [1.29, 1.82) is 0 Å². The van der Waals surface area contributed by atoms with Crippen LogP contribution in [0.25, 0.3) is 0 Å². The Kier molecular flexibility index (Phi) is 5.96. The Balaban J connectivity index is 1.58. The molecule has 26 heavy (non-hydrogen) atoms. The summed E-state index contributed by atoms with van der Waals surface area (Å²) in [6.45, 7) is 2.08. The number of ether oxygens (including phenoxy) is 3. The van der Waals surface area contributed by atoms with Gasteiger partial charge < -0.3 is 24.4 Å². The third-order valence-corrected chi connectivity index (χ3v) is 4.42. The van der Waals surface area contributed by atoms with Crippen molar-refractivity contribution in [3.05, 3.63) is 59.7 Å². The fraction of sp³-hybridized carbons (Fsp3) is 0.350. The number of hydrogen-bond donors (Lipinski definition) is 1. The van der Waals surface area contributed by atoms with Crippen molar-refractivity contribution in [3.8, 4) is 11.5 Å². The summed E-state index contributed by atoms with van der Waals surface area (Å²) in [5.74, 6) is 1.32. The number of rotatable bonds is 5. The maximum atomic E-state index is 12.5. The predicted octanol–water partition coefficient (Wildman–Crippen LogP) is 2.99. The van der Waals surface area contributed by atoms with E-state index in [0.717, 1.165) is 11.1 Å². The van der Waals surface area contributed by atoms with Crippen LogP contribution in [0.3, 0.4) is 0 Å². The number of methoxy groups -OCH3 is 2. The molecular weight excluding hydrogens is 332 g/mol. The topological polar surface area (TPSA) is 60.0 Å². The number of hydrogen-bond acceptors (Lipinski definition) is 4. The lowest BCUT2D eigenvalue weighted by atomic mass is 10.1. The van der Waals surface area contributed by atoms with Gasteiger partial charge in [0, 0.05) is 13.1 Å². The van der Waals surface area contributed by atoms with E-state index in [9.17, 15) is 4.79 Å². The van der Waals surface area contributed by atoms with Crippen LogP contribution in [-0.2, 0) is 11.3 Å². The minimum absolute atomic E-state index is 0.0863. The fourth-order valence-electron chi connectivity index (χ4n) is 2.98. The quantitative estimate of drug-likeness (QED) is 0.895. The summed E-state index contributed by atoms with van der Waals surface area (Å²) < 4.78 is 16.3. The minimum atomic E-state index is -0.0935. The van der Waals surface area contributed by atoms with Crippen molar-refractivity contribution < 1.29 is 19.0 Å². The van der Waals surface area contributed by atoms with Crippen molar-refractivity contribution in [1.82, 2.24) is 10.2 Å². The van der Waals surface area contributed by atoms with Gasteiger partial charge in [0.25, 0.3) is 0 Å². The number of morpholine rings is 1. The number of nitrogens with one attached hydrogen (secondary N) is 1. The van der Waals surface area contributed by atoms with Crippen LogP contribution in [0.15, 0.2) is 48.5 Å². The van der Waals surface area contributed by atoms with E-state index in [0.29, 0.717) is 37.7 Å². The van der Waals surface area contributed by atoms with E-state index in [1.165, 1.54) is 0 Å². The van der Waals surface area contributed by atoms with Gasteiger partial charge in [0.2, 0.25) is 0 Å². The summed E-state index contributed by atoms with van der Waals surface area (Å²) in [4.78, 5) is 14.3. The molecule has 0 bridgehead atoms. The summed E-state index contributed by atoms with van der Waals surface area (Å²) in [6, 6.07) is 15.5. The van der Waals surface area contributed by atoms with Crippen LogP contribution in [0, 0.1) is 0 Å².